The predicted molar refractivity (Wildman–Crippen MR) is 104 cm³/mol. The molecule has 0 spiro atoms. The molecule has 0 bridgehead atoms. The smallest absolute Gasteiger partial charge is 0.422 e. The van der Waals surface area contributed by atoms with Crippen molar-refractivity contribution in [3.05, 3.63) is 60.2 Å². The van der Waals surface area contributed by atoms with Gasteiger partial charge < -0.3 is 19.5 Å². The van der Waals surface area contributed by atoms with Gasteiger partial charge in [-0.25, -0.2) is 0 Å². The Hall–Kier alpha value is -3.37. The van der Waals surface area contributed by atoms with Gasteiger partial charge in [-0.1, -0.05) is 12.1 Å². The van der Waals surface area contributed by atoms with Crippen LogP contribution in [0, 0.1) is 0 Å². The molecule has 0 aliphatic carbocycles. The molecule has 2 aromatic carbocycles. The third-order valence-corrected chi connectivity index (χ3v) is 3.94. The van der Waals surface area contributed by atoms with Gasteiger partial charge in [0.1, 0.15) is 5.75 Å². The summed E-state index contributed by atoms with van der Waals surface area (Å²) in [4.78, 5) is 12.2. The molecule has 0 aliphatic rings. The lowest BCUT2D eigenvalue weighted by atomic mass is 10.1. The van der Waals surface area contributed by atoms with Crippen LogP contribution in [0.2, 0.25) is 0 Å². The second-order valence-corrected chi connectivity index (χ2v) is 6.43. The van der Waals surface area contributed by atoms with E-state index < -0.39 is 48.5 Å². The van der Waals surface area contributed by atoms with Crippen LogP contribution in [0.15, 0.2) is 49.1 Å². The Kier molecular flexibility index (Phi) is 8.01. The second kappa shape index (κ2) is 10.3. The van der Waals surface area contributed by atoms with Gasteiger partial charge in [-0.15, -0.1) is 6.58 Å². The zero-order chi connectivity index (χ0) is 23.9. The molecule has 11 heteroatoms. The van der Waals surface area contributed by atoms with Crippen molar-refractivity contribution in [1.29, 1.82) is 0 Å². The number of anilines is 1. The topological polar surface area (TPSA) is 56.8 Å². The van der Waals surface area contributed by atoms with Crippen LogP contribution < -0.4 is 19.5 Å². The molecule has 2 rings (SSSR count). The molecule has 1 amide bonds. The fraction of sp³-hybridized carbons (Fsp3) is 0.286. The van der Waals surface area contributed by atoms with Crippen LogP contribution in [0.1, 0.15) is 11.1 Å². The number of alkyl halides is 6. The van der Waals surface area contributed by atoms with E-state index in [9.17, 15) is 31.1 Å². The number of carbonyl (C=O) groups is 1. The fourth-order valence-corrected chi connectivity index (χ4v) is 2.54. The van der Waals surface area contributed by atoms with Crippen molar-refractivity contribution in [2.24, 2.45) is 0 Å². The van der Waals surface area contributed by atoms with Gasteiger partial charge in [0.15, 0.2) is 24.7 Å². The Labute approximate surface area is 179 Å². The molecule has 0 unspecified atom stereocenters. The van der Waals surface area contributed by atoms with E-state index in [4.69, 9.17) is 9.47 Å². The molecule has 0 aromatic heterocycles. The van der Waals surface area contributed by atoms with Crippen molar-refractivity contribution in [1.82, 2.24) is 0 Å². The van der Waals surface area contributed by atoms with Gasteiger partial charge >= 0.3 is 12.4 Å². The zero-order valence-electron chi connectivity index (χ0n) is 16.8. The molecule has 0 atom stereocenters. The monoisotopic (exact) mass is 463 g/mol. The van der Waals surface area contributed by atoms with Gasteiger partial charge in [0, 0.05) is 0 Å². The Morgan fingerprint density at radius 2 is 1.69 bits per heavy atom. The number of ether oxygens (including phenoxy) is 3. The average molecular weight is 463 g/mol. The fourth-order valence-electron chi connectivity index (χ4n) is 2.54. The first kappa shape index (κ1) is 24.9. The average Bonchev–Trinajstić information content (AvgIpc) is 2.70. The van der Waals surface area contributed by atoms with Gasteiger partial charge in [0.2, 0.25) is 0 Å². The molecule has 5 nitrogen and oxygen atoms in total. The van der Waals surface area contributed by atoms with Gasteiger partial charge in [-0.05, 0) is 42.3 Å². The lowest BCUT2D eigenvalue weighted by Crippen LogP contribution is -2.23. The number of hydrogen-bond donors (Lipinski definition) is 1. The number of halogens is 6. The molecule has 0 radical (unpaired) electrons. The Bertz CT molecular complexity index is 956. The molecule has 2 aromatic rings. The second-order valence-electron chi connectivity index (χ2n) is 6.43. The van der Waals surface area contributed by atoms with Crippen molar-refractivity contribution in [3.63, 3.8) is 0 Å². The maximum Gasteiger partial charge on any atom is 0.422 e. The number of allylic oxidation sites excluding steroid dienone is 1. The minimum atomic E-state index is -4.78. The van der Waals surface area contributed by atoms with Crippen molar-refractivity contribution in [2.45, 2.75) is 18.8 Å². The summed E-state index contributed by atoms with van der Waals surface area (Å²) in [5, 5.41) is 2.09. The van der Waals surface area contributed by atoms with E-state index in [2.05, 4.69) is 16.6 Å². The number of rotatable bonds is 9. The van der Waals surface area contributed by atoms with Crippen LogP contribution in [0.4, 0.5) is 32.0 Å². The highest BCUT2D eigenvalue weighted by Crippen LogP contribution is 2.36. The summed E-state index contributed by atoms with van der Waals surface area (Å²) in [5.41, 5.74) is -0.886. The zero-order valence-corrected chi connectivity index (χ0v) is 16.8. The summed E-state index contributed by atoms with van der Waals surface area (Å²) in [6.45, 7) is 1.23. The molecule has 0 fully saturated rings. The van der Waals surface area contributed by atoms with E-state index in [1.54, 1.807) is 18.2 Å². The molecule has 0 saturated carbocycles. The van der Waals surface area contributed by atoms with E-state index in [1.165, 1.54) is 13.2 Å². The lowest BCUT2D eigenvalue weighted by molar-refractivity contribution is -0.153. The molecule has 0 saturated heterocycles. The number of amides is 1. The normalized spacial score (nSPS) is 11.6. The number of hydrogen-bond acceptors (Lipinski definition) is 4. The molecule has 0 aliphatic heterocycles. The third-order valence-electron chi connectivity index (χ3n) is 3.94. The minimum absolute atomic E-state index is 0.188. The van der Waals surface area contributed by atoms with Crippen LogP contribution in [0.5, 0.6) is 17.2 Å². The number of nitrogens with one attached hydrogen (secondary N) is 1. The van der Waals surface area contributed by atoms with Gasteiger partial charge in [-0.2, -0.15) is 26.3 Å². The van der Waals surface area contributed by atoms with Crippen LogP contribution in [0.3, 0.4) is 0 Å². The molecular formula is C21H19F6NO4. The predicted octanol–water partition coefficient (Wildman–Crippen LogP) is 5.40. The van der Waals surface area contributed by atoms with Crippen molar-refractivity contribution >= 4 is 11.6 Å². The van der Waals surface area contributed by atoms with Crippen molar-refractivity contribution in [3.8, 4) is 17.2 Å². The SMILES string of the molecule is C=CCc1ccc(OCC(=O)Nc2cc(C(F)(F)F)ccc2OCC(F)(F)F)c(OC)c1. The van der Waals surface area contributed by atoms with E-state index in [0.717, 1.165) is 5.56 Å². The Morgan fingerprint density at radius 1 is 1.00 bits per heavy atom. The van der Waals surface area contributed by atoms with Gasteiger partial charge in [0.25, 0.3) is 5.91 Å². The number of carbonyl (C=O) groups excluding carboxylic acids is 1. The van der Waals surface area contributed by atoms with Crippen LogP contribution in [-0.2, 0) is 17.4 Å². The number of methoxy groups -OCH3 is 1. The lowest BCUT2D eigenvalue weighted by Gasteiger charge is -2.17. The van der Waals surface area contributed by atoms with Crippen LogP contribution in [-0.4, -0.2) is 32.4 Å². The largest absolute Gasteiger partial charge is 0.493 e. The van der Waals surface area contributed by atoms with E-state index in [-0.39, 0.29) is 5.75 Å². The van der Waals surface area contributed by atoms with E-state index in [0.29, 0.717) is 30.4 Å². The summed E-state index contributed by atoms with van der Waals surface area (Å²) in [7, 11) is 1.38. The standard InChI is InChI=1S/C21H19F6NO4/c1-3-4-13-5-7-17(18(9-13)30-2)31-11-19(29)28-15-10-14(21(25,26)27)6-8-16(15)32-12-20(22,23)24/h3,5-10H,1,4,11-12H2,2H3,(H,28,29). The molecule has 1 N–H and O–H groups in total. The highest BCUT2D eigenvalue weighted by molar-refractivity contribution is 5.93. The van der Waals surface area contributed by atoms with Crippen LogP contribution in [0.25, 0.3) is 0 Å². The first-order valence-electron chi connectivity index (χ1n) is 9.04. The van der Waals surface area contributed by atoms with Gasteiger partial charge in [-0.3, -0.25) is 4.79 Å². The summed E-state index contributed by atoms with van der Waals surface area (Å²) in [6, 6.07) is 6.62. The van der Waals surface area contributed by atoms with E-state index in [1.807, 2.05) is 0 Å². The minimum Gasteiger partial charge on any atom is -0.493 e. The highest BCUT2D eigenvalue weighted by Gasteiger charge is 2.33. The van der Waals surface area contributed by atoms with Gasteiger partial charge in [0.05, 0.1) is 18.4 Å². The summed E-state index contributed by atoms with van der Waals surface area (Å²) in [6.07, 6.45) is -7.26. The third kappa shape index (κ3) is 7.40. The van der Waals surface area contributed by atoms with Crippen LogP contribution >= 0.6 is 0 Å². The molecule has 32 heavy (non-hydrogen) atoms. The summed E-state index contributed by atoms with van der Waals surface area (Å²) >= 11 is 0. The quantitative estimate of drug-likeness (QED) is 0.400. The Morgan fingerprint density at radius 3 is 2.28 bits per heavy atom. The molecule has 174 valence electrons. The summed E-state index contributed by atoms with van der Waals surface area (Å²) in [5.74, 6) is -0.994. The first-order valence-corrected chi connectivity index (χ1v) is 9.04. The highest BCUT2D eigenvalue weighted by atomic mass is 19.4. The molecule has 0 heterocycles. The van der Waals surface area contributed by atoms with E-state index >= 15 is 0 Å². The summed E-state index contributed by atoms with van der Waals surface area (Å²) < 4.78 is 91.3. The Balaban J connectivity index is 2.16. The molecular weight excluding hydrogens is 444 g/mol. The van der Waals surface area contributed by atoms with Crippen molar-refractivity contribution in [2.75, 3.05) is 25.6 Å². The first-order chi connectivity index (χ1) is 14.9. The maximum atomic E-state index is 13.0. The number of benzene rings is 2. The van der Waals surface area contributed by atoms with Crippen molar-refractivity contribution < 1.29 is 45.3 Å². The maximum absolute atomic E-state index is 13.0.